The quantitative estimate of drug-likeness (QED) is 0.878. The highest BCUT2D eigenvalue weighted by Crippen LogP contribution is 2.15. The smallest absolute Gasteiger partial charge is 0.276 e. The van der Waals surface area contributed by atoms with Crippen LogP contribution in [0.1, 0.15) is 21.0 Å². The fourth-order valence-corrected chi connectivity index (χ4v) is 2.53. The molecule has 1 aliphatic rings. The van der Waals surface area contributed by atoms with Crippen molar-refractivity contribution < 1.29 is 9.59 Å². The van der Waals surface area contributed by atoms with Crippen LogP contribution in [0.25, 0.3) is 0 Å². The van der Waals surface area contributed by atoms with E-state index in [4.69, 9.17) is 11.6 Å². The van der Waals surface area contributed by atoms with Gasteiger partial charge in [0, 0.05) is 49.3 Å². The summed E-state index contributed by atoms with van der Waals surface area (Å²) in [5.41, 5.74) is 0.637. The number of benzene rings is 1. The minimum atomic E-state index is -0.482. The maximum absolute atomic E-state index is 12.6. The molecule has 0 spiro atoms. The summed E-state index contributed by atoms with van der Waals surface area (Å²) in [4.78, 5) is 34.9. The van der Waals surface area contributed by atoms with E-state index in [1.807, 2.05) is 0 Å². The van der Waals surface area contributed by atoms with Crippen LogP contribution < -0.4 is 10.6 Å². The van der Waals surface area contributed by atoms with E-state index in [1.165, 1.54) is 12.4 Å². The van der Waals surface area contributed by atoms with Crippen LogP contribution in [0.4, 0.5) is 5.69 Å². The Labute approximate surface area is 144 Å². The van der Waals surface area contributed by atoms with Gasteiger partial charge in [-0.3, -0.25) is 9.59 Å². The van der Waals surface area contributed by atoms with Crippen molar-refractivity contribution in [2.45, 2.75) is 0 Å². The lowest BCUT2D eigenvalue weighted by molar-refractivity contribution is 0.0724. The molecule has 24 heavy (non-hydrogen) atoms. The van der Waals surface area contributed by atoms with Crippen molar-refractivity contribution in [2.75, 3.05) is 31.5 Å². The summed E-state index contributed by atoms with van der Waals surface area (Å²) in [5.74, 6) is -0.769. The molecule has 0 radical (unpaired) electrons. The topological polar surface area (TPSA) is 87.2 Å². The Hall–Kier alpha value is -2.51. The molecule has 0 unspecified atom stereocenters. The van der Waals surface area contributed by atoms with Crippen molar-refractivity contribution in [3.05, 3.63) is 53.1 Å². The van der Waals surface area contributed by atoms with Crippen molar-refractivity contribution in [2.24, 2.45) is 0 Å². The lowest BCUT2D eigenvalue weighted by Gasteiger charge is -2.27. The summed E-state index contributed by atoms with van der Waals surface area (Å²) < 4.78 is 0. The van der Waals surface area contributed by atoms with E-state index in [1.54, 1.807) is 29.2 Å². The molecule has 2 N–H and O–H groups in total. The first-order chi connectivity index (χ1) is 11.6. The Bertz CT molecular complexity index is 744. The number of nitrogens with one attached hydrogen (secondary N) is 2. The molecule has 1 aromatic carbocycles. The third-order valence-electron chi connectivity index (χ3n) is 3.62. The van der Waals surface area contributed by atoms with Crippen molar-refractivity contribution >= 4 is 29.1 Å². The number of carbonyl (C=O) groups excluding carboxylic acids is 2. The van der Waals surface area contributed by atoms with Crippen molar-refractivity contribution in [3.8, 4) is 0 Å². The van der Waals surface area contributed by atoms with Crippen molar-refractivity contribution in [1.82, 2.24) is 20.2 Å². The van der Waals surface area contributed by atoms with Gasteiger partial charge in [0.1, 0.15) is 0 Å². The van der Waals surface area contributed by atoms with Gasteiger partial charge in [-0.2, -0.15) is 0 Å². The number of hydrogen-bond acceptors (Lipinski definition) is 5. The molecule has 1 aliphatic heterocycles. The van der Waals surface area contributed by atoms with Gasteiger partial charge in [-0.1, -0.05) is 11.6 Å². The van der Waals surface area contributed by atoms with E-state index in [-0.39, 0.29) is 17.3 Å². The second kappa shape index (κ2) is 7.37. The van der Waals surface area contributed by atoms with Crippen molar-refractivity contribution in [1.29, 1.82) is 0 Å². The predicted octanol–water partition coefficient (Wildman–Crippen LogP) is 1.43. The molecule has 3 rings (SSSR count). The highest BCUT2D eigenvalue weighted by Gasteiger charge is 2.25. The molecule has 0 atom stereocenters. The molecule has 1 aromatic heterocycles. The van der Waals surface area contributed by atoms with Gasteiger partial charge < -0.3 is 15.5 Å². The number of piperazine rings is 1. The second-order valence-electron chi connectivity index (χ2n) is 5.26. The van der Waals surface area contributed by atoms with Crippen LogP contribution in [-0.4, -0.2) is 52.9 Å². The highest BCUT2D eigenvalue weighted by molar-refractivity contribution is 6.30. The van der Waals surface area contributed by atoms with E-state index in [0.717, 1.165) is 13.1 Å². The van der Waals surface area contributed by atoms with E-state index in [9.17, 15) is 9.59 Å². The molecule has 2 amide bonds. The normalized spacial score (nSPS) is 14.3. The summed E-state index contributed by atoms with van der Waals surface area (Å²) in [6.07, 6.45) is 2.81. The number of hydrogen-bond donors (Lipinski definition) is 2. The van der Waals surface area contributed by atoms with Gasteiger partial charge in [0.2, 0.25) is 0 Å². The fraction of sp³-hybridized carbons (Fsp3) is 0.250. The van der Waals surface area contributed by atoms with Gasteiger partial charge in [-0.15, -0.1) is 0 Å². The Morgan fingerprint density at radius 2 is 1.67 bits per heavy atom. The minimum absolute atomic E-state index is 0.0102. The van der Waals surface area contributed by atoms with E-state index >= 15 is 0 Å². The summed E-state index contributed by atoms with van der Waals surface area (Å²) in [5, 5.41) is 6.45. The Balaban J connectivity index is 1.81. The third-order valence-corrected chi connectivity index (χ3v) is 3.87. The van der Waals surface area contributed by atoms with Gasteiger partial charge in [0.05, 0.1) is 0 Å². The average Bonchev–Trinajstić information content (AvgIpc) is 2.63. The molecule has 7 nitrogen and oxygen atoms in total. The molecule has 0 bridgehead atoms. The summed E-state index contributed by atoms with van der Waals surface area (Å²) in [6, 6.07) is 6.68. The third kappa shape index (κ3) is 3.69. The SMILES string of the molecule is O=C(Nc1ccc(Cl)cc1)c1nccnc1C(=O)N1CCNCC1. The lowest BCUT2D eigenvalue weighted by Crippen LogP contribution is -2.47. The fourth-order valence-electron chi connectivity index (χ4n) is 2.40. The van der Waals surface area contributed by atoms with Crippen molar-refractivity contribution in [3.63, 3.8) is 0 Å². The van der Waals surface area contributed by atoms with Crippen LogP contribution in [-0.2, 0) is 0 Å². The molecular formula is C16H16ClN5O2. The Kier molecular flexibility index (Phi) is 5.02. The highest BCUT2D eigenvalue weighted by atomic mass is 35.5. The molecule has 2 aromatic rings. The zero-order valence-electron chi connectivity index (χ0n) is 12.8. The zero-order chi connectivity index (χ0) is 16.9. The standard InChI is InChI=1S/C16H16ClN5O2/c17-11-1-3-12(4-2-11)21-15(23)13-14(20-6-5-19-13)16(24)22-9-7-18-8-10-22/h1-6,18H,7-10H2,(H,21,23). The molecule has 0 aliphatic carbocycles. The second-order valence-corrected chi connectivity index (χ2v) is 5.69. The number of carbonyl (C=O) groups is 2. The first kappa shape index (κ1) is 16.4. The molecule has 1 saturated heterocycles. The number of amides is 2. The Morgan fingerprint density at radius 3 is 2.33 bits per heavy atom. The average molecular weight is 346 g/mol. The lowest BCUT2D eigenvalue weighted by atomic mass is 10.2. The van der Waals surface area contributed by atoms with Gasteiger partial charge in [-0.05, 0) is 24.3 Å². The summed E-state index contributed by atoms with van der Waals surface area (Å²) in [7, 11) is 0. The van der Waals surface area contributed by atoms with E-state index in [2.05, 4.69) is 20.6 Å². The predicted molar refractivity (Wildman–Crippen MR) is 90.2 cm³/mol. The maximum atomic E-state index is 12.6. The number of rotatable bonds is 3. The van der Waals surface area contributed by atoms with Crippen LogP contribution in [0, 0.1) is 0 Å². The molecule has 124 valence electrons. The van der Waals surface area contributed by atoms with Crippen LogP contribution in [0.5, 0.6) is 0 Å². The van der Waals surface area contributed by atoms with E-state index in [0.29, 0.717) is 23.8 Å². The minimum Gasteiger partial charge on any atom is -0.335 e. The molecule has 0 saturated carbocycles. The van der Waals surface area contributed by atoms with Gasteiger partial charge in [0.15, 0.2) is 11.4 Å². The summed E-state index contributed by atoms with van der Waals surface area (Å²) >= 11 is 5.83. The molecule has 1 fully saturated rings. The number of anilines is 1. The largest absolute Gasteiger partial charge is 0.335 e. The van der Waals surface area contributed by atoms with E-state index < -0.39 is 5.91 Å². The van der Waals surface area contributed by atoms with Gasteiger partial charge in [-0.25, -0.2) is 9.97 Å². The monoisotopic (exact) mass is 345 g/mol. The molecule has 2 heterocycles. The first-order valence-corrected chi connectivity index (χ1v) is 7.91. The van der Waals surface area contributed by atoms with Crippen LogP contribution in [0.2, 0.25) is 5.02 Å². The zero-order valence-corrected chi connectivity index (χ0v) is 13.6. The molecular weight excluding hydrogens is 330 g/mol. The van der Waals surface area contributed by atoms with Crippen LogP contribution in [0.15, 0.2) is 36.7 Å². The number of aromatic nitrogens is 2. The summed E-state index contributed by atoms with van der Waals surface area (Å²) in [6.45, 7) is 2.60. The van der Waals surface area contributed by atoms with Crippen LogP contribution in [0.3, 0.4) is 0 Å². The van der Waals surface area contributed by atoms with Gasteiger partial charge >= 0.3 is 0 Å². The van der Waals surface area contributed by atoms with Gasteiger partial charge in [0.25, 0.3) is 11.8 Å². The first-order valence-electron chi connectivity index (χ1n) is 7.53. The Morgan fingerprint density at radius 1 is 1.04 bits per heavy atom. The molecule has 8 heteroatoms. The maximum Gasteiger partial charge on any atom is 0.276 e. The number of halogens is 1. The number of nitrogens with zero attached hydrogens (tertiary/aromatic N) is 3. The van der Waals surface area contributed by atoms with Crippen LogP contribution >= 0.6 is 11.6 Å².